The van der Waals surface area contributed by atoms with Crippen molar-refractivity contribution in [2.45, 2.75) is 26.3 Å². The molecule has 0 atom stereocenters. The number of hydrogen-bond acceptors (Lipinski definition) is 2. The van der Waals surface area contributed by atoms with E-state index in [4.69, 9.17) is 11.6 Å². The predicted molar refractivity (Wildman–Crippen MR) is 87.4 cm³/mol. The second kappa shape index (κ2) is 5.58. The van der Waals surface area contributed by atoms with Crippen LogP contribution in [-0.4, -0.2) is 11.7 Å². The van der Waals surface area contributed by atoms with Crippen molar-refractivity contribution in [3.8, 4) is 0 Å². The Morgan fingerprint density at radius 2 is 1.68 bits per heavy atom. The maximum absolute atomic E-state index is 12.2. The first-order valence-corrected chi connectivity index (χ1v) is 7.66. The molecule has 1 amide bonds. The number of nitrogens with zero attached hydrogens (tertiary/aromatic N) is 1. The predicted octanol–water partition coefficient (Wildman–Crippen LogP) is 3.77. The summed E-state index contributed by atoms with van der Waals surface area (Å²) in [5.74, 6) is -0.464. The molecule has 3 rings (SSSR count). The summed E-state index contributed by atoms with van der Waals surface area (Å²) in [6, 6.07) is 11.2. The van der Waals surface area contributed by atoms with Crippen LogP contribution in [0.15, 0.2) is 36.4 Å². The minimum Gasteiger partial charge on any atom is -0.300 e. The lowest BCUT2D eigenvalue weighted by atomic mass is 10.0. The summed E-state index contributed by atoms with van der Waals surface area (Å²) < 4.78 is 0. The van der Waals surface area contributed by atoms with Gasteiger partial charge in [0, 0.05) is 5.88 Å². The molecule has 112 valence electrons. The van der Waals surface area contributed by atoms with Crippen molar-refractivity contribution in [2.24, 2.45) is 0 Å². The number of halogens is 1. The first kappa shape index (κ1) is 14.8. The Kier molecular flexibility index (Phi) is 3.75. The van der Waals surface area contributed by atoms with Crippen molar-refractivity contribution in [1.29, 1.82) is 0 Å². The molecule has 0 radical (unpaired) electrons. The molecule has 0 aliphatic carbocycles. The molecule has 0 saturated carbocycles. The molecule has 0 aromatic heterocycles. The van der Waals surface area contributed by atoms with Crippen LogP contribution >= 0.6 is 11.6 Å². The highest BCUT2D eigenvalue weighted by molar-refractivity contribution is 6.52. The molecule has 4 heteroatoms. The van der Waals surface area contributed by atoms with Crippen LogP contribution in [0.4, 0.5) is 5.69 Å². The minimum atomic E-state index is -0.464. The summed E-state index contributed by atoms with van der Waals surface area (Å²) in [6.45, 7) is 4.42. The molecule has 0 saturated heterocycles. The molecular weight excluding hydrogens is 298 g/mol. The Balaban J connectivity index is 2.01. The summed E-state index contributed by atoms with van der Waals surface area (Å²) in [6.07, 6.45) is 0. The number of anilines is 1. The van der Waals surface area contributed by atoms with Gasteiger partial charge < -0.3 is 4.90 Å². The number of Topliss-reactive ketones (excluding diaryl/α,β-unsaturated/α-hetero) is 1. The third-order valence-corrected chi connectivity index (χ3v) is 4.43. The second-order valence-corrected chi connectivity index (χ2v) is 5.84. The number of rotatable bonds is 3. The number of carbonyl (C=O) groups excluding carboxylic acids is 2. The van der Waals surface area contributed by atoms with Crippen molar-refractivity contribution in [3.05, 3.63) is 64.2 Å². The average molecular weight is 314 g/mol. The molecular formula is C18H16ClNO2. The van der Waals surface area contributed by atoms with Gasteiger partial charge >= 0.3 is 0 Å². The first-order chi connectivity index (χ1) is 10.5. The second-order valence-electron chi connectivity index (χ2n) is 5.58. The van der Waals surface area contributed by atoms with Crippen LogP contribution < -0.4 is 4.90 Å². The summed E-state index contributed by atoms with van der Waals surface area (Å²) in [5, 5.41) is 0. The van der Waals surface area contributed by atoms with Crippen molar-refractivity contribution in [1.82, 2.24) is 0 Å². The number of fused-ring (bicyclic) bond motifs is 1. The SMILES string of the molecule is Cc1cc(C)c(CN2C(=O)C(=O)c3ccccc32)cc1CCl. The van der Waals surface area contributed by atoms with Gasteiger partial charge in [0.15, 0.2) is 0 Å². The summed E-state index contributed by atoms with van der Waals surface area (Å²) in [5.41, 5.74) is 5.46. The zero-order valence-corrected chi connectivity index (χ0v) is 13.3. The molecule has 2 aromatic rings. The minimum absolute atomic E-state index is 0.386. The molecule has 3 nitrogen and oxygen atoms in total. The van der Waals surface area contributed by atoms with E-state index in [0.29, 0.717) is 23.7 Å². The van der Waals surface area contributed by atoms with Crippen molar-refractivity contribution in [2.75, 3.05) is 4.90 Å². The molecule has 22 heavy (non-hydrogen) atoms. The van der Waals surface area contributed by atoms with Crippen LogP contribution in [-0.2, 0) is 17.2 Å². The van der Waals surface area contributed by atoms with Crippen LogP contribution in [0, 0.1) is 13.8 Å². The molecule has 1 heterocycles. The normalized spacial score (nSPS) is 13.7. The van der Waals surface area contributed by atoms with E-state index in [1.54, 1.807) is 17.0 Å². The average Bonchev–Trinajstić information content (AvgIpc) is 2.75. The fourth-order valence-corrected chi connectivity index (χ4v) is 3.13. The number of ketones is 1. The van der Waals surface area contributed by atoms with E-state index in [9.17, 15) is 9.59 Å². The van der Waals surface area contributed by atoms with Gasteiger partial charge in [0.05, 0.1) is 17.8 Å². The molecule has 1 aliphatic rings. The maximum atomic E-state index is 12.2. The molecule has 2 aromatic carbocycles. The Morgan fingerprint density at radius 3 is 2.41 bits per heavy atom. The zero-order valence-electron chi connectivity index (χ0n) is 12.5. The third kappa shape index (κ3) is 2.32. The maximum Gasteiger partial charge on any atom is 0.299 e. The van der Waals surface area contributed by atoms with E-state index in [-0.39, 0.29) is 0 Å². The highest BCUT2D eigenvalue weighted by atomic mass is 35.5. The molecule has 0 unspecified atom stereocenters. The highest BCUT2D eigenvalue weighted by Crippen LogP contribution is 2.31. The van der Waals surface area contributed by atoms with Gasteiger partial charge in [-0.3, -0.25) is 9.59 Å². The van der Waals surface area contributed by atoms with E-state index in [2.05, 4.69) is 6.07 Å². The number of amides is 1. The van der Waals surface area contributed by atoms with E-state index in [1.165, 1.54) is 0 Å². The number of benzene rings is 2. The van der Waals surface area contributed by atoms with Crippen molar-refractivity contribution < 1.29 is 9.59 Å². The lowest BCUT2D eigenvalue weighted by Crippen LogP contribution is -2.29. The van der Waals surface area contributed by atoms with Gasteiger partial charge in [-0.2, -0.15) is 0 Å². The van der Waals surface area contributed by atoms with Gasteiger partial charge in [0.25, 0.3) is 11.7 Å². The Morgan fingerprint density at radius 1 is 1.00 bits per heavy atom. The van der Waals surface area contributed by atoms with Crippen LogP contribution in [0.5, 0.6) is 0 Å². The van der Waals surface area contributed by atoms with Crippen LogP contribution in [0.1, 0.15) is 32.6 Å². The molecule has 0 N–H and O–H groups in total. The lowest BCUT2D eigenvalue weighted by Gasteiger charge is -2.19. The number of carbonyl (C=O) groups is 2. The molecule has 0 bridgehead atoms. The Hall–Kier alpha value is -2.13. The number of hydrogen-bond donors (Lipinski definition) is 0. The van der Waals surface area contributed by atoms with E-state index >= 15 is 0 Å². The largest absolute Gasteiger partial charge is 0.300 e. The monoisotopic (exact) mass is 313 g/mol. The number of aryl methyl sites for hydroxylation is 2. The Labute approximate surface area is 134 Å². The molecule has 0 fully saturated rings. The first-order valence-electron chi connectivity index (χ1n) is 7.13. The fourth-order valence-electron chi connectivity index (χ4n) is 2.84. The highest BCUT2D eigenvalue weighted by Gasteiger charge is 2.35. The molecule has 0 spiro atoms. The number of alkyl halides is 1. The smallest absolute Gasteiger partial charge is 0.299 e. The van der Waals surface area contributed by atoms with Crippen molar-refractivity contribution in [3.63, 3.8) is 0 Å². The van der Waals surface area contributed by atoms with Crippen LogP contribution in [0.2, 0.25) is 0 Å². The standard InChI is InChI=1S/C18H16ClNO2/c1-11-7-12(2)14(8-13(11)9-19)10-20-16-6-4-3-5-15(16)17(21)18(20)22/h3-8H,9-10H2,1-2H3. The topological polar surface area (TPSA) is 37.4 Å². The summed E-state index contributed by atoms with van der Waals surface area (Å²) in [7, 11) is 0. The lowest BCUT2D eigenvalue weighted by molar-refractivity contribution is -0.114. The quantitative estimate of drug-likeness (QED) is 0.639. The summed E-state index contributed by atoms with van der Waals surface area (Å²) in [4.78, 5) is 25.8. The van der Waals surface area contributed by atoms with Crippen molar-refractivity contribution >= 4 is 29.0 Å². The van der Waals surface area contributed by atoms with Crippen LogP contribution in [0.3, 0.4) is 0 Å². The van der Waals surface area contributed by atoms with E-state index in [0.717, 1.165) is 22.3 Å². The molecule has 1 aliphatic heterocycles. The third-order valence-electron chi connectivity index (χ3n) is 4.15. The van der Waals surface area contributed by atoms with E-state index < -0.39 is 11.7 Å². The zero-order chi connectivity index (χ0) is 15.9. The van der Waals surface area contributed by atoms with Gasteiger partial charge in [0.1, 0.15) is 0 Å². The Bertz CT molecular complexity index is 783. The van der Waals surface area contributed by atoms with Gasteiger partial charge in [-0.15, -0.1) is 11.6 Å². The fraction of sp³-hybridized carbons (Fsp3) is 0.222. The van der Waals surface area contributed by atoms with Gasteiger partial charge in [-0.05, 0) is 48.2 Å². The summed E-state index contributed by atoms with van der Waals surface area (Å²) >= 11 is 5.97. The number of para-hydroxylation sites is 1. The van der Waals surface area contributed by atoms with Crippen LogP contribution in [0.25, 0.3) is 0 Å². The van der Waals surface area contributed by atoms with Gasteiger partial charge in [-0.1, -0.05) is 24.3 Å². The van der Waals surface area contributed by atoms with Gasteiger partial charge in [0.2, 0.25) is 0 Å². The van der Waals surface area contributed by atoms with E-state index in [1.807, 2.05) is 32.0 Å². The van der Waals surface area contributed by atoms with Gasteiger partial charge in [-0.25, -0.2) is 0 Å².